The Bertz CT molecular complexity index is 1150. The van der Waals surface area contributed by atoms with Gasteiger partial charge in [0, 0.05) is 42.6 Å². The molecule has 1 atom stereocenters. The van der Waals surface area contributed by atoms with Gasteiger partial charge in [0.2, 0.25) is 0 Å². The number of aryl methyl sites for hydroxylation is 1. The van der Waals surface area contributed by atoms with Gasteiger partial charge in [0.05, 0.1) is 17.4 Å². The minimum atomic E-state index is -4.46. The molecular formula is C27H33F3N4O. The molecule has 1 aromatic heterocycles. The number of halogens is 3. The van der Waals surface area contributed by atoms with E-state index in [9.17, 15) is 13.2 Å². The molecule has 1 N–H and O–H groups in total. The van der Waals surface area contributed by atoms with Crippen molar-refractivity contribution in [2.45, 2.75) is 71.3 Å². The number of pyridine rings is 1. The molecule has 4 rings (SSSR count). The number of alkyl halides is 3. The van der Waals surface area contributed by atoms with E-state index in [1.54, 1.807) is 0 Å². The molecule has 8 heteroatoms. The molecule has 2 heterocycles. The number of ether oxygens (including phenoxy) is 1. The minimum Gasteiger partial charge on any atom is -0.379 e. The topological polar surface area (TPSA) is 58.9 Å². The molecule has 1 unspecified atom stereocenters. The zero-order chi connectivity index (χ0) is 25.4. The summed E-state index contributed by atoms with van der Waals surface area (Å²) in [5.41, 5.74) is 1.89. The van der Waals surface area contributed by atoms with Gasteiger partial charge in [-0.3, -0.25) is 9.98 Å². The predicted molar refractivity (Wildman–Crippen MR) is 133 cm³/mol. The predicted octanol–water partition coefficient (Wildman–Crippen LogP) is 6.31. The molecule has 2 aliphatic rings. The van der Waals surface area contributed by atoms with E-state index in [0.717, 1.165) is 60.6 Å². The molecule has 0 amide bonds. The molecule has 1 aliphatic carbocycles. The highest BCUT2D eigenvalue weighted by atomic mass is 19.4. The molecular weight excluding hydrogens is 453 g/mol. The Hall–Kier alpha value is -2.74. The first-order valence-corrected chi connectivity index (χ1v) is 12.1. The highest BCUT2D eigenvalue weighted by Gasteiger charge is 2.54. The van der Waals surface area contributed by atoms with Crippen molar-refractivity contribution >= 4 is 11.5 Å². The standard InChI is InChI=1S/C27H33F3N4O/c1-6-35-22-9-11-25(4,12-10-22)26(33-18(3)24(31-5)34-26)23-14-19(8-7-17(23)2)20-13-21(16-32-15-20)27(28,29)30/h7-8,13-16,22H,6,9-12H2,1-5H3,(H,31,34). The monoisotopic (exact) mass is 486 g/mol. The third kappa shape index (κ3) is 4.60. The SMILES string of the molecule is CCOC1CCC(C)(C2(c3cc(-c4cncc(C(F)(F)F)c4)ccc3C)N=C(C)C(NC)=N2)CC1. The Morgan fingerprint density at radius 3 is 2.37 bits per heavy atom. The van der Waals surface area contributed by atoms with Crippen LogP contribution >= 0.6 is 0 Å². The van der Waals surface area contributed by atoms with E-state index < -0.39 is 17.4 Å². The van der Waals surface area contributed by atoms with Crippen LogP contribution in [0.4, 0.5) is 13.2 Å². The van der Waals surface area contributed by atoms with Gasteiger partial charge in [0.15, 0.2) is 5.66 Å². The van der Waals surface area contributed by atoms with Crippen LogP contribution in [0.5, 0.6) is 0 Å². The molecule has 0 radical (unpaired) electrons. The van der Waals surface area contributed by atoms with Crippen LogP contribution in [0, 0.1) is 12.3 Å². The van der Waals surface area contributed by atoms with E-state index in [1.807, 2.05) is 46.0 Å². The van der Waals surface area contributed by atoms with E-state index in [0.29, 0.717) is 17.7 Å². The molecule has 0 saturated heterocycles. The van der Waals surface area contributed by atoms with Gasteiger partial charge in [0.1, 0.15) is 5.84 Å². The fourth-order valence-electron chi connectivity index (χ4n) is 5.43. The van der Waals surface area contributed by atoms with Crippen LogP contribution in [-0.2, 0) is 16.6 Å². The lowest BCUT2D eigenvalue weighted by molar-refractivity contribution is -0.137. The summed E-state index contributed by atoms with van der Waals surface area (Å²) in [6.45, 7) is 8.89. The molecule has 0 bridgehead atoms. The normalized spacial score (nSPS) is 26.9. The minimum absolute atomic E-state index is 0.230. The fraction of sp³-hybridized carbons (Fsp3) is 0.519. The first-order chi connectivity index (χ1) is 16.5. The van der Waals surface area contributed by atoms with Crippen molar-refractivity contribution < 1.29 is 17.9 Å². The molecule has 1 aromatic carbocycles. The van der Waals surface area contributed by atoms with Gasteiger partial charge in [-0.15, -0.1) is 0 Å². The fourth-order valence-corrected chi connectivity index (χ4v) is 5.43. The maximum atomic E-state index is 13.3. The first kappa shape index (κ1) is 25.4. The van der Waals surface area contributed by atoms with Crippen LogP contribution in [0.25, 0.3) is 11.1 Å². The van der Waals surface area contributed by atoms with Crippen LogP contribution in [0.1, 0.15) is 63.1 Å². The van der Waals surface area contributed by atoms with Gasteiger partial charge in [-0.05, 0) is 69.7 Å². The molecule has 2 aromatic rings. The van der Waals surface area contributed by atoms with Gasteiger partial charge < -0.3 is 10.1 Å². The molecule has 1 aliphatic heterocycles. The molecule has 188 valence electrons. The van der Waals surface area contributed by atoms with Crippen molar-refractivity contribution in [3.63, 3.8) is 0 Å². The Morgan fingerprint density at radius 1 is 1.06 bits per heavy atom. The third-order valence-corrected chi connectivity index (χ3v) is 7.47. The number of hydrogen-bond acceptors (Lipinski definition) is 5. The van der Waals surface area contributed by atoms with Crippen LogP contribution in [0.3, 0.4) is 0 Å². The summed E-state index contributed by atoms with van der Waals surface area (Å²) in [4.78, 5) is 14.2. The average molecular weight is 487 g/mol. The van der Waals surface area contributed by atoms with E-state index in [-0.39, 0.29) is 11.5 Å². The van der Waals surface area contributed by atoms with Gasteiger partial charge >= 0.3 is 6.18 Å². The van der Waals surface area contributed by atoms with Crippen LogP contribution < -0.4 is 5.32 Å². The number of aromatic nitrogens is 1. The summed E-state index contributed by atoms with van der Waals surface area (Å²) in [6.07, 6.45) is 1.69. The van der Waals surface area contributed by atoms with E-state index >= 15 is 0 Å². The molecule has 35 heavy (non-hydrogen) atoms. The smallest absolute Gasteiger partial charge is 0.379 e. The quantitative estimate of drug-likeness (QED) is 0.539. The molecule has 0 spiro atoms. The summed E-state index contributed by atoms with van der Waals surface area (Å²) in [7, 11) is 1.83. The second-order valence-corrected chi connectivity index (χ2v) is 9.78. The van der Waals surface area contributed by atoms with Gasteiger partial charge in [-0.1, -0.05) is 19.1 Å². The van der Waals surface area contributed by atoms with Gasteiger partial charge in [-0.2, -0.15) is 13.2 Å². The van der Waals surface area contributed by atoms with Crippen molar-refractivity contribution in [2.24, 2.45) is 15.4 Å². The lowest BCUT2D eigenvalue weighted by Gasteiger charge is -2.47. The van der Waals surface area contributed by atoms with Crippen molar-refractivity contribution in [1.82, 2.24) is 10.3 Å². The van der Waals surface area contributed by atoms with Gasteiger partial charge in [-0.25, -0.2) is 4.99 Å². The molecule has 1 saturated carbocycles. The summed E-state index contributed by atoms with van der Waals surface area (Å²) < 4.78 is 45.9. The number of hydrogen-bond donors (Lipinski definition) is 1. The zero-order valence-electron chi connectivity index (χ0n) is 21.0. The summed E-state index contributed by atoms with van der Waals surface area (Å²) >= 11 is 0. The second kappa shape index (κ2) is 9.37. The second-order valence-electron chi connectivity index (χ2n) is 9.78. The number of nitrogens with one attached hydrogen (secondary N) is 1. The number of nitrogens with zero attached hydrogens (tertiary/aromatic N) is 3. The summed E-state index contributed by atoms with van der Waals surface area (Å²) in [6, 6.07) is 6.88. The Balaban J connectivity index is 1.84. The maximum absolute atomic E-state index is 13.3. The zero-order valence-corrected chi connectivity index (χ0v) is 21.0. The number of aliphatic imine (C=N–C) groups is 2. The van der Waals surface area contributed by atoms with Crippen molar-refractivity contribution in [2.75, 3.05) is 13.7 Å². The van der Waals surface area contributed by atoms with Crippen LogP contribution in [-0.4, -0.2) is 36.3 Å². The van der Waals surface area contributed by atoms with E-state index in [4.69, 9.17) is 14.7 Å². The largest absolute Gasteiger partial charge is 0.417 e. The van der Waals surface area contributed by atoms with Gasteiger partial charge in [0.25, 0.3) is 0 Å². The van der Waals surface area contributed by atoms with Crippen molar-refractivity contribution in [3.8, 4) is 11.1 Å². The highest BCUT2D eigenvalue weighted by molar-refractivity contribution is 6.41. The molecule has 1 fully saturated rings. The third-order valence-electron chi connectivity index (χ3n) is 7.47. The van der Waals surface area contributed by atoms with Crippen molar-refractivity contribution in [1.29, 1.82) is 0 Å². The van der Waals surface area contributed by atoms with Crippen molar-refractivity contribution in [3.05, 3.63) is 53.3 Å². The average Bonchev–Trinajstić information content (AvgIpc) is 3.18. The van der Waals surface area contributed by atoms with Crippen LogP contribution in [0.15, 0.2) is 46.6 Å². The Morgan fingerprint density at radius 2 is 1.77 bits per heavy atom. The maximum Gasteiger partial charge on any atom is 0.417 e. The number of benzene rings is 1. The number of amidine groups is 1. The van der Waals surface area contributed by atoms with E-state index in [1.165, 1.54) is 6.20 Å². The lowest BCUT2D eigenvalue weighted by atomic mass is 9.63. The first-order valence-electron chi connectivity index (χ1n) is 12.1. The molecule has 5 nitrogen and oxygen atoms in total. The van der Waals surface area contributed by atoms with E-state index in [2.05, 4.69) is 17.2 Å². The number of rotatable bonds is 5. The Labute approximate surface area is 204 Å². The highest BCUT2D eigenvalue weighted by Crippen LogP contribution is 2.56. The summed E-state index contributed by atoms with van der Waals surface area (Å²) in [5, 5.41) is 3.17. The lowest BCUT2D eigenvalue weighted by Crippen LogP contribution is -2.44. The van der Waals surface area contributed by atoms with Crippen LogP contribution in [0.2, 0.25) is 0 Å². The Kier molecular flexibility index (Phi) is 6.79. The summed E-state index contributed by atoms with van der Waals surface area (Å²) in [5.74, 6) is 0.740.